The van der Waals surface area contributed by atoms with Gasteiger partial charge in [0.25, 0.3) is 10.0 Å². The normalized spacial score (nSPS) is 16.1. The Morgan fingerprint density at radius 1 is 1.33 bits per heavy atom. The molecule has 0 bridgehead atoms. The van der Waals surface area contributed by atoms with Gasteiger partial charge in [-0.1, -0.05) is 12.1 Å². The zero-order valence-corrected chi connectivity index (χ0v) is 16.6. The molecule has 0 saturated carbocycles. The predicted octanol–water partition coefficient (Wildman–Crippen LogP) is 0.963. The summed E-state index contributed by atoms with van der Waals surface area (Å²) < 4.78 is 32.4. The molecular weight excluding hydrogens is 388 g/mol. The number of sulfonamides is 1. The second-order valence-electron chi connectivity index (χ2n) is 6.08. The summed E-state index contributed by atoms with van der Waals surface area (Å²) >= 11 is 1.11. The van der Waals surface area contributed by atoms with E-state index in [0.29, 0.717) is 13.2 Å². The standard InChI is InChI=1S/C17H22N4O4S2/c1-13(20-27(23,24)15-5-3-11-26-15)17(22)19-12-14-4-2-6-18-16(14)21-7-9-25-10-8-21/h2-6,11,13,20H,7-10,12H2,1H3,(H,19,22). The molecule has 3 rings (SSSR count). The summed E-state index contributed by atoms with van der Waals surface area (Å²) in [6, 6.07) is 5.98. The minimum Gasteiger partial charge on any atom is -0.378 e. The molecule has 1 unspecified atom stereocenters. The lowest BCUT2D eigenvalue weighted by molar-refractivity contribution is -0.122. The molecule has 8 nitrogen and oxygen atoms in total. The highest BCUT2D eigenvalue weighted by molar-refractivity contribution is 7.91. The molecule has 1 amide bonds. The molecule has 1 saturated heterocycles. The smallest absolute Gasteiger partial charge is 0.250 e. The monoisotopic (exact) mass is 410 g/mol. The third-order valence-corrected chi connectivity index (χ3v) is 7.05. The number of anilines is 1. The molecule has 27 heavy (non-hydrogen) atoms. The summed E-state index contributed by atoms with van der Waals surface area (Å²) in [5.74, 6) is 0.417. The second-order valence-corrected chi connectivity index (χ2v) is 8.97. The number of nitrogens with zero attached hydrogens (tertiary/aromatic N) is 2. The Kier molecular flexibility index (Phi) is 6.42. The molecule has 0 aromatic carbocycles. The van der Waals surface area contributed by atoms with Crippen LogP contribution in [0.5, 0.6) is 0 Å². The van der Waals surface area contributed by atoms with Gasteiger partial charge in [-0.2, -0.15) is 4.72 Å². The van der Waals surface area contributed by atoms with Gasteiger partial charge in [0.15, 0.2) is 0 Å². The summed E-state index contributed by atoms with van der Waals surface area (Å²) in [7, 11) is -3.70. The summed E-state index contributed by atoms with van der Waals surface area (Å²) in [5.41, 5.74) is 0.876. The van der Waals surface area contributed by atoms with Gasteiger partial charge in [0.05, 0.1) is 19.3 Å². The number of rotatable bonds is 7. The Balaban J connectivity index is 1.60. The van der Waals surface area contributed by atoms with Crippen LogP contribution in [-0.4, -0.2) is 51.7 Å². The van der Waals surface area contributed by atoms with Gasteiger partial charge in [-0.3, -0.25) is 4.79 Å². The van der Waals surface area contributed by atoms with Crippen LogP contribution in [0.25, 0.3) is 0 Å². The average Bonchev–Trinajstić information content (AvgIpc) is 3.22. The van der Waals surface area contributed by atoms with E-state index in [1.165, 1.54) is 13.0 Å². The van der Waals surface area contributed by atoms with Gasteiger partial charge < -0.3 is 15.0 Å². The van der Waals surface area contributed by atoms with E-state index >= 15 is 0 Å². The molecule has 0 radical (unpaired) electrons. The number of nitrogens with one attached hydrogen (secondary N) is 2. The minimum atomic E-state index is -3.70. The van der Waals surface area contributed by atoms with Crippen molar-refractivity contribution in [3.05, 3.63) is 41.4 Å². The number of morpholine rings is 1. The molecule has 3 heterocycles. The predicted molar refractivity (Wildman–Crippen MR) is 103 cm³/mol. The first-order valence-corrected chi connectivity index (χ1v) is 10.9. The summed E-state index contributed by atoms with van der Waals surface area (Å²) in [6.45, 7) is 4.56. The van der Waals surface area contributed by atoms with Crippen LogP contribution in [0.1, 0.15) is 12.5 Å². The molecule has 146 valence electrons. The highest BCUT2D eigenvalue weighted by atomic mass is 32.2. The van der Waals surface area contributed by atoms with Gasteiger partial charge in [-0.25, -0.2) is 13.4 Å². The van der Waals surface area contributed by atoms with Gasteiger partial charge in [0.2, 0.25) is 5.91 Å². The third kappa shape index (κ3) is 5.04. The number of aromatic nitrogens is 1. The van der Waals surface area contributed by atoms with Crippen molar-refractivity contribution in [1.82, 2.24) is 15.0 Å². The SMILES string of the molecule is CC(NS(=O)(=O)c1cccs1)C(=O)NCc1cccnc1N1CCOCC1. The van der Waals surface area contributed by atoms with Gasteiger partial charge in [-0.15, -0.1) is 11.3 Å². The average molecular weight is 411 g/mol. The van der Waals surface area contributed by atoms with Crippen LogP contribution in [0.15, 0.2) is 40.1 Å². The molecule has 2 aromatic heterocycles. The van der Waals surface area contributed by atoms with E-state index in [2.05, 4.69) is 19.9 Å². The third-order valence-electron chi connectivity index (χ3n) is 4.12. The maximum absolute atomic E-state index is 12.4. The molecule has 2 aromatic rings. The summed E-state index contributed by atoms with van der Waals surface area (Å²) in [6.07, 6.45) is 1.72. The molecule has 1 atom stereocenters. The number of amides is 1. The lowest BCUT2D eigenvalue weighted by Gasteiger charge is -2.29. The first-order valence-electron chi connectivity index (χ1n) is 8.57. The Hall–Kier alpha value is -2.01. The zero-order chi connectivity index (χ0) is 19.3. The molecule has 1 fully saturated rings. The Bertz CT molecular complexity index is 865. The van der Waals surface area contributed by atoms with Crippen LogP contribution in [0.3, 0.4) is 0 Å². The quantitative estimate of drug-likeness (QED) is 0.705. The molecule has 0 spiro atoms. The fourth-order valence-corrected chi connectivity index (χ4v) is 4.94. The second kappa shape index (κ2) is 8.79. The maximum atomic E-state index is 12.4. The minimum absolute atomic E-state index is 0.184. The number of hydrogen-bond acceptors (Lipinski definition) is 7. The van der Waals surface area contributed by atoms with Crippen molar-refractivity contribution < 1.29 is 17.9 Å². The van der Waals surface area contributed by atoms with E-state index in [1.54, 1.807) is 17.6 Å². The molecule has 2 N–H and O–H groups in total. The van der Waals surface area contributed by atoms with Crippen LogP contribution >= 0.6 is 11.3 Å². The number of carbonyl (C=O) groups excluding carboxylic acids is 1. The van der Waals surface area contributed by atoms with Crippen molar-refractivity contribution in [3.63, 3.8) is 0 Å². The van der Waals surface area contributed by atoms with Crippen LogP contribution in [0.4, 0.5) is 5.82 Å². The van der Waals surface area contributed by atoms with Gasteiger partial charge in [0, 0.05) is 31.4 Å². The lowest BCUT2D eigenvalue weighted by Crippen LogP contribution is -2.44. The van der Waals surface area contributed by atoms with Crippen molar-refractivity contribution in [2.75, 3.05) is 31.2 Å². The van der Waals surface area contributed by atoms with Crippen molar-refractivity contribution in [3.8, 4) is 0 Å². The number of ether oxygens (including phenoxy) is 1. The van der Waals surface area contributed by atoms with E-state index in [9.17, 15) is 13.2 Å². The Morgan fingerprint density at radius 2 is 2.11 bits per heavy atom. The van der Waals surface area contributed by atoms with Gasteiger partial charge in [-0.05, 0) is 24.4 Å². The summed E-state index contributed by atoms with van der Waals surface area (Å²) in [4.78, 5) is 18.9. The van der Waals surface area contributed by atoms with Gasteiger partial charge >= 0.3 is 0 Å². The first-order chi connectivity index (χ1) is 13.0. The Labute approximate surface area is 162 Å². The molecule has 10 heteroatoms. The topological polar surface area (TPSA) is 101 Å². The summed E-state index contributed by atoms with van der Waals surface area (Å²) in [5, 5.41) is 4.46. The number of pyridine rings is 1. The fourth-order valence-electron chi connectivity index (χ4n) is 2.72. The van der Waals surface area contributed by atoms with Crippen LogP contribution in [-0.2, 0) is 26.1 Å². The lowest BCUT2D eigenvalue weighted by atomic mass is 10.2. The Morgan fingerprint density at radius 3 is 2.81 bits per heavy atom. The number of carbonyl (C=O) groups is 1. The largest absolute Gasteiger partial charge is 0.378 e. The van der Waals surface area contributed by atoms with Crippen molar-refractivity contribution in [2.45, 2.75) is 23.7 Å². The molecule has 0 aliphatic carbocycles. The first kappa shape index (κ1) is 19.7. The van der Waals surface area contributed by atoms with Crippen molar-refractivity contribution in [1.29, 1.82) is 0 Å². The van der Waals surface area contributed by atoms with Crippen LogP contribution < -0.4 is 14.9 Å². The van der Waals surface area contributed by atoms with Crippen molar-refractivity contribution >= 4 is 33.1 Å². The van der Waals surface area contributed by atoms with Crippen LogP contribution in [0, 0.1) is 0 Å². The molecule has 1 aliphatic rings. The highest BCUT2D eigenvalue weighted by Crippen LogP contribution is 2.18. The highest BCUT2D eigenvalue weighted by Gasteiger charge is 2.23. The van der Waals surface area contributed by atoms with E-state index in [1.807, 2.05) is 12.1 Å². The number of hydrogen-bond donors (Lipinski definition) is 2. The van der Waals surface area contributed by atoms with E-state index in [4.69, 9.17) is 4.74 Å². The van der Waals surface area contributed by atoms with Gasteiger partial charge in [0.1, 0.15) is 10.0 Å². The zero-order valence-electron chi connectivity index (χ0n) is 14.9. The van der Waals surface area contributed by atoms with Crippen molar-refractivity contribution in [2.24, 2.45) is 0 Å². The molecular formula is C17H22N4O4S2. The maximum Gasteiger partial charge on any atom is 0.250 e. The molecule has 1 aliphatic heterocycles. The van der Waals surface area contributed by atoms with E-state index in [-0.39, 0.29) is 10.8 Å². The van der Waals surface area contributed by atoms with E-state index < -0.39 is 22.0 Å². The van der Waals surface area contributed by atoms with Crippen LogP contribution in [0.2, 0.25) is 0 Å². The fraction of sp³-hybridized carbons (Fsp3) is 0.412. The van der Waals surface area contributed by atoms with E-state index in [0.717, 1.165) is 35.8 Å². The number of thiophene rings is 1.